The van der Waals surface area contributed by atoms with Crippen molar-refractivity contribution >= 4 is 53.0 Å². The Morgan fingerprint density at radius 2 is 2.03 bits per heavy atom. The predicted molar refractivity (Wildman–Crippen MR) is 141 cm³/mol. The molecule has 0 spiro atoms. The Kier molecular flexibility index (Phi) is 8.31. The van der Waals surface area contributed by atoms with Crippen LogP contribution < -0.4 is 21.2 Å². The molecule has 7 nitrogen and oxygen atoms in total. The van der Waals surface area contributed by atoms with Crippen molar-refractivity contribution in [2.45, 2.75) is 44.1 Å². The number of aromatic nitrogens is 1. The summed E-state index contributed by atoms with van der Waals surface area (Å²) in [7, 11) is 1.61. The minimum atomic E-state index is -1.23. The number of nitrogens with one attached hydrogen (secondary N) is 2. The molecule has 1 aromatic carbocycles. The number of benzene rings is 1. The van der Waals surface area contributed by atoms with Gasteiger partial charge >= 0.3 is 5.97 Å². The number of hydrogen-bond donors (Lipinski definition) is 4. The first kappa shape index (κ1) is 26.5. The number of ether oxygens (including phenoxy) is 1. The zero-order valence-electron chi connectivity index (χ0n) is 18.8. The van der Waals surface area contributed by atoms with E-state index in [-0.39, 0.29) is 30.4 Å². The fourth-order valence-electron chi connectivity index (χ4n) is 4.84. The highest BCUT2D eigenvalue weighted by Gasteiger charge is 2.32. The van der Waals surface area contributed by atoms with Crippen LogP contribution in [-0.2, 0) is 6.42 Å². The van der Waals surface area contributed by atoms with Gasteiger partial charge in [0.1, 0.15) is 5.56 Å². The molecule has 2 aromatic heterocycles. The lowest BCUT2D eigenvalue weighted by atomic mass is 9.92. The molecule has 1 saturated carbocycles. The van der Waals surface area contributed by atoms with Crippen LogP contribution in [0, 0.1) is 0 Å². The SMILES string of the molecule is COc1c(-c2cc3c(s2)CCCC3NCCN)c(C2CC2)cc2c(=O)c(C(=O)O)c[nH]c12.Cl.Cl. The van der Waals surface area contributed by atoms with Crippen molar-refractivity contribution in [3.05, 3.63) is 50.1 Å². The topological polar surface area (TPSA) is 117 Å². The molecule has 2 heterocycles. The number of carboxylic acids is 1. The molecule has 2 aliphatic rings. The maximum Gasteiger partial charge on any atom is 0.341 e. The molecule has 0 bridgehead atoms. The maximum absolute atomic E-state index is 12.9. The minimum absolute atomic E-state index is 0. The van der Waals surface area contributed by atoms with Gasteiger partial charge in [0.2, 0.25) is 5.43 Å². The number of pyridine rings is 1. The molecule has 5 rings (SSSR count). The van der Waals surface area contributed by atoms with Crippen molar-refractivity contribution in [1.82, 2.24) is 10.3 Å². The lowest BCUT2D eigenvalue weighted by Gasteiger charge is -2.23. The summed E-state index contributed by atoms with van der Waals surface area (Å²) >= 11 is 1.80. The summed E-state index contributed by atoms with van der Waals surface area (Å²) in [5, 5.41) is 13.3. The van der Waals surface area contributed by atoms with Gasteiger partial charge in [0, 0.05) is 40.6 Å². The molecule has 184 valence electrons. The number of nitrogens with two attached hydrogens (primary N) is 1. The number of aromatic carboxylic acids is 1. The van der Waals surface area contributed by atoms with Crippen molar-refractivity contribution in [2.24, 2.45) is 5.73 Å². The molecule has 34 heavy (non-hydrogen) atoms. The zero-order valence-corrected chi connectivity index (χ0v) is 21.3. The molecule has 1 atom stereocenters. The highest BCUT2D eigenvalue weighted by molar-refractivity contribution is 7.15. The molecule has 2 aliphatic carbocycles. The van der Waals surface area contributed by atoms with E-state index < -0.39 is 11.4 Å². The van der Waals surface area contributed by atoms with E-state index in [1.54, 1.807) is 18.4 Å². The van der Waals surface area contributed by atoms with Crippen LogP contribution in [0.1, 0.15) is 64.0 Å². The van der Waals surface area contributed by atoms with E-state index in [1.807, 2.05) is 6.07 Å². The van der Waals surface area contributed by atoms with Crippen LogP contribution in [0.3, 0.4) is 0 Å². The van der Waals surface area contributed by atoms with E-state index >= 15 is 0 Å². The largest absolute Gasteiger partial charge is 0.494 e. The Morgan fingerprint density at radius 1 is 1.26 bits per heavy atom. The van der Waals surface area contributed by atoms with Crippen LogP contribution in [0.25, 0.3) is 21.3 Å². The van der Waals surface area contributed by atoms with E-state index in [2.05, 4.69) is 16.4 Å². The van der Waals surface area contributed by atoms with E-state index in [1.165, 1.54) is 16.6 Å². The molecule has 0 amide bonds. The van der Waals surface area contributed by atoms with E-state index in [9.17, 15) is 14.7 Å². The Labute approximate surface area is 213 Å². The minimum Gasteiger partial charge on any atom is -0.494 e. The van der Waals surface area contributed by atoms with Gasteiger partial charge in [0.25, 0.3) is 0 Å². The first-order valence-corrected chi connectivity index (χ1v) is 11.9. The predicted octanol–water partition coefficient (Wildman–Crippen LogP) is 4.61. The molecule has 1 fully saturated rings. The quantitative estimate of drug-likeness (QED) is 0.357. The molecule has 1 unspecified atom stereocenters. The number of rotatable bonds is 7. The second-order valence-electron chi connectivity index (χ2n) is 8.58. The van der Waals surface area contributed by atoms with Crippen molar-refractivity contribution in [1.29, 1.82) is 0 Å². The van der Waals surface area contributed by atoms with E-state index in [0.29, 0.717) is 35.2 Å². The van der Waals surface area contributed by atoms with Gasteiger partial charge in [-0.2, -0.15) is 0 Å². The molecule has 10 heteroatoms. The summed E-state index contributed by atoms with van der Waals surface area (Å²) in [5.74, 6) is -0.254. The van der Waals surface area contributed by atoms with Crippen LogP contribution in [0.2, 0.25) is 0 Å². The Hall–Kier alpha value is -2.10. The summed E-state index contributed by atoms with van der Waals surface area (Å²) in [6.07, 6.45) is 6.69. The number of methoxy groups -OCH3 is 1. The van der Waals surface area contributed by atoms with Crippen LogP contribution >= 0.6 is 36.2 Å². The molecule has 0 saturated heterocycles. The van der Waals surface area contributed by atoms with Crippen LogP contribution in [0.15, 0.2) is 23.1 Å². The fraction of sp³-hybridized carbons (Fsp3) is 0.417. The number of carboxylic acid groups (broad SMARTS) is 1. The van der Waals surface area contributed by atoms with Gasteiger partial charge in [-0.05, 0) is 61.3 Å². The summed E-state index contributed by atoms with van der Waals surface area (Å²) in [6, 6.07) is 4.46. The van der Waals surface area contributed by atoms with Crippen molar-refractivity contribution in [2.75, 3.05) is 20.2 Å². The zero-order chi connectivity index (χ0) is 22.4. The molecule has 0 aliphatic heterocycles. The second-order valence-corrected chi connectivity index (χ2v) is 9.72. The number of aromatic amines is 1. The lowest BCUT2D eigenvalue weighted by Crippen LogP contribution is -2.29. The van der Waals surface area contributed by atoms with Gasteiger partial charge < -0.3 is 25.9 Å². The Morgan fingerprint density at radius 3 is 2.68 bits per heavy atom. The van der Waals surface area contributed by atoms with Gasteiger partial charge in [0.15, 0.2) is 5.75 Å². The van der Waals surface area contributed by atoms with Gasteiger partial charge in [-0.25, -0.2) is 4.79 Å². The van der Waals surface area contributed by atoms with Crippen LogP contribution in [0.4, 0.5) is 0 Å². The third kappa shape index (κ3) is 4.57. The van der Waals surface area contributed by atoms with Gasteiger partial charge in [-0.15, -0.1) is 36.2 Å². The smallest absolute Gasteiger partial charge is 0.341 e. The highest BCUT2D eigenvalue weighted by atomic mass is 35.5. The molecule has 3 aromatic rings. The average Bonchev–Trinajstić information content (AvgIpc) is 3.54. The lowest BCUT2D eigenvalue weighted by molar-refractivity contribution is 0.0695. The van der Waals surface area contributed by atoms with Crippen molar-refractivity contribution < 1.29 is 14.6 Å². The number of aryl methyl sites for hydroxylation is 1. The third-order valence-electron chi connectivity index (χ3n) is 6.51. The molecular formula is C24H29Cl2N3O4S. The Bertz CT molecular complexity index is 1270. The molecule has 5 N–H and O–H groups in total. The third-order valence-corrected chi connectivity index (χ3v) is 7.74. The summed E-state index contributed by atoms with van der Waals surface area (Å²) in [6.45, 7) is 1.40. The first-order valence-electron chi connectivity index (χ1n) is 11.1. The number of H-pyrrole nitrogens is 1. The van der Waals surface area contributed by atoms with Gasteiger partial charge in [0.05, 0.1) is 18.0 Å². The second kappa shape index (κ2) is 10.7. The summed E-state index contributed by atoms with van der Waals surface area (Å²) in [4.78, 5) is 30.0. The average molecular weight is 526 g/mol. The highest BCUT2D eigenvalue weighted by Crippen LogP contribution is 2.52. The fourth-order valence-corrected chi connectivity index (χ4v) is 6.17. The van der Waals surface area contributed by atoms with Gasteiger partial charge in [-0.1, -0.05) is 0 Å². The van der Waals surface area contributed by atoms with Crippen LogP contribution in [-0.4, -0.2) is 36.3 Å². The standard InChI is InChI=1S/C24H27N3O4S.2ClH/c1-31-23-20(19-10-14-17(26-8-7-25)3-2-4-18(14)32-19)13(12-5-6-12)9-15-21(23)27-11-16(22(15)28)24(29)30;;/h9-12,17,26H,2-8,25H2,1H3,(H,27,28)(H,29,30);2*1H. The maximum atomic E-state index is 12.9. The summed E-state index contributed by atoms with van der Waals surface area (Å²) < 4.78 is 5.87. The van der Waals surface area contributed by atoms with E-state index in [4.69, 9.17) is 10.5 Å². The molecule has 0 radical (unpaired) electrons. The normalized spacial score (nSPS) is 16.9. The van der Waals surface area contributed by atoms with Crippen molar-refractivity contribution in [3.63, 3.8) is 0 Å². The number of hydrogen-bond acceptors (Lipinski definition) is 6. The van der Waals surface area contributed by atoms with Crippen LogP contribution in [0.5, 0.6) is 5.75 Å². The van der Waals surface area contributed by atoms with E-state index in [0.717, 1.165) is 54.7 Å². The molecular weight excluding hydrogens is 497 g/mol. The first-order chi connectivity index (χ1) is 15.5. The van der Waals surface area contributed by atoms with Gasteiger partial charge in [-0.3, -0.25) is 4.79 Å². The monoisotopic (exact) mass is 525 g/mol. The van der Waals surface area contributed by atoms with Crippen molar-refractivity contribution in [3.8, 4) is 16.2 Å². The number of carbonyl (C=O) groups is 1. The Balaban J connectivity index is 0.00000162. The number of halogens is 2. The number of fused-ring (bicyclic) bond motifs is 2. The number of thiophene rings is 1. The summed E-state index contributed by atoms with van der Waals surface area (Å²) in [5.41, 5.74) is 8.97.